The van der Waals surface area contributed by atoms with Crippen LogP contribution in [-0.4, -0.2) is 12.1 Å². The minimum absolute atomic E-state index is 0.389. The molecule has 1 aromatic rings. The Morgan fingerprint density at radius 3 is 2.68 bits per heavy atom. The average molecular weight is 293 g/mol. The molecule has 22 heavy (non-hydrogen) atoms. The van der Waals surface area contributed by atoms with Gasteiger partial charge in [-0.25, -0.2) is 0 Å². The molecule has 3 rings (SSSR count). The van der Waals surface area contributed by atoms with E-state index in [-0.39, 0.29) is 5.54 Å². The van der Waals surface area contributed by atoms with Gasteiger partial charge in [-0.2, -0.15) is 0 Å². The topological polar surface area (TPSA) is 35.2 Å². The number of fused-ring (bicyclic) bond motifs is 1. The van der Waals surface area contributed by atoms with Gasteiger partial charge < -0.3 is 10.5 Å². The molecule has 1 aromatic carbocycles. The van der Waals surface area contributed by atoms with Crippen molar-refractivity contribution in [3.05, 3.63) is 65.3 Å². The number of ether oxygens (including phenoxy) is 1. The van der Waals surface area contributed by atoms with Crippen molar-refractivity contribution in [3.8, 4) is 5.75 Å². The van der Waals surface area contributed by atoms with Gasteiger partial charge in [0.05, 0.1) is 12.1 Å². The number of benzene rings is 1. The fourth-order valence-corrected chi connectivity index (χ4v) is 2.67. The predicted octanol–water partition coefficient (Wildman–Crippen LogP) is 4.49. The van der Waals surface area contributed by atoms with E-state index in [1.165, 1.54) is 11.1 Å². The molecule has 0 spiro atoms. The van der Waals surface area contributed by atoms with Crippen LogP contribution in [0.2, 0.25) is 0 Å². The van der Waals surface area contributed by atoms with Gasteiger partial charge in [0, 0.05) is 6.42 Å². The van der Waals surface area contributed by atoms with E-state index in [2.05, 4.69) is 42.5 Å². The Bertz CT molecular complexity index is 662. The molecular formula is C20H23NO. The van der Waals surface area contributed by atoms with Crippen LogP contribution >= 0.6 is 0 Å². The van der Waals surface area contributed by atoms with E-state index in [0.29, 0.717) is 6.61 Å². The fraction of sp³-hybridized carbons (Fsp3) is 0.300. The van der Waals surface area contributed by atoms with Gasteiger partial charge in [0.15, 0.2) is 0 Å². The average Bonchev–Trinajstić information content (AvgIpc) is 2.67. The monoisotopic (exact) mass is 293 g/mol. The molecule has 2 nitrogen and oxygen atoms in total. The molecule has 2 aliphatic rings. The third-order valence-electron chi connectivity index (χ3n) is 4.03. The van der Waals surface area contributed by atoms with E-state index in [1.54, 1.807) is 0 Å². The molecule has 2 aliphatic carbocycles. The maximum absolute atomic E-state index is 6.14. The minimum atomic E-state index is -0.389. The second-order valence-corrected chi connectivity index (χ2v) is 6.18. The largest absolute Gasteiger partial charge is 0.493 e. The Balaban J connectivity index is 1.65. The summed E-state index contributed by atoms with van der Waals surface area (Å²) < 4.78 is 5.90. The molecule has 0 saturated carbocycles. The smallest absolute Gasteiger partial charge is 0.119 e. The molecule has 1 atom stereocenters. The number of allylic oxidation sites excluding steroid dienone is 3. The first-order valence-electron chi connectivity index (χ1n) is 7.92. The van der Waals surface area contributed by atoms with Crippen molar-refractivity contribution in [3.63, 3.8) is 0 Å². The highest BCUT2D eigenvalue weighted by Crippen LogP contribution is 2.25. The van der Waals surface area contributed by atoms with Crippen LogP contribution in [-0.2, 0) is 0 Å². The number of nitrogens with two attached hydrogens (primary N) is 1. The minimum Gasteiger partial charge on any atom is -0.493 e. The van der Waals surface area contributed by atoms with Crippen molar-refractivity contribution < 1.29 is 4.74 Å². The van der Waals surface area contributed by atoms with E-state index in [0.717, 1.165) is 30.6 Å². The summed E-state index contributed by atoms with van der Waals surface area (Å²) in [5.41, 5.74) is 9.46. The van der Waals surface area contributed by atoms with E-state index < -0.39 is 0 Å². The van der Waals surface area contributed by atoms with Crippen molar-refractivity contribution in [1.29, 1.82) is 0 Å². The van der Waals surface area contributed by atoms with Crippen LogP contribution in [0.4, 0.5) is 0 Å². The fourth-order valence-electron chi connectivity index (χ4n) is 2.67. The maximum atomic E-state index is 6.14. The van der Waals surface area contributed by atoms with E-state index in [1.807, 2.05) is 25.1 Å². The van der Waals surface area contributed by atoms with Crippen LogP contribution in [0, 0.1) is 0 Å². The van der Waals surface area contributed by atoms with Gasteiger partial charge in [-0.15, -0.1) is 0 Å². The van der Waals surface area contributed by atoms with Crippen molar-refractivity contribution in [2.75, 3.05) is 6.61 Å². The highest BCUT2D eigenvalue weighted by Gasteiger charge is 2.13. The SMILES string of the molecule is CC1(N)C=Cc2ccc(OCCC3=CCCC=C3)cc2C=C1. The standard InChI is InChI=1S/C20H23NO/c1-20(21)12-9-17-7-8-19(15-18(17)10-13-20)22-14-11-16-5-3-2-4-6-16/h3,5-10,12-13,15H,2,4,11,14,21H2,1H3. The zero-order chi connectivity index (χ0) is 15.4. The van der Waals surface area contributed by atoms with Crippen LogP contribution in [0.25, 0.3) is 12.2 Å². The summed E-state index contributed by atoms with van der Waals surface area (Å²) in [7, 11) is 0. The molecule has 0 fully saturated rings. The molecule has 0 saturated heterocycles. The van der Waals surface area contributed by atoms with Gasteiger partial charge in [0.25, 0.3) is 0 Å². The molecule has 0 bridgehead atoms. The molecular weight excluding hydrogens is 270 g/mol. The van der Waals surface area contributed by atoms with Crippen LogP contribution in [0.3, 0.4) is 0 Å². The lowest BCUT2D eigenvalue weighted by atomic mass is 10.0. The number of rotatable bonds is 4. The second-order valence-electron chi connectivity index (χ2n) is 6.18. The van der Waals surface area contributed by atoms with Crippen LogP contribution < -0.4 is 10.5 Å². The van der Waals surface area contributed by atoms with Crippen LogP contribution in [0.5, 0.6) is 5.75 Å². The molecule has 114 valence electrons. The summed E-state index contributed by atoms with van der Waals surface area (Å²) in [5.74, 6) is 0.915. The zero-order valence-corrected chi connectivity index (χ0v) is 13.1. The van der Waals surface area contributed by atoms with Gasteiger partial charge in [-0.05, 0) is 48.6 Å². The van der Waals surface area contributed by atoms with Crippen molar-refractivity contribution >= 4 is 12.2 Å². The summed E-state index contributed by atoms with van der Waals surface area (Å²) in [6.45, 7) is 2.71. The summed E-state index contributed by atoms with van der Waals surface area (Å²) >= 11 is 0. The van der Waals surface area contributed by atoms with Crippen LogP contribution in [0.1, 0.15) is 37.3 Å². The Hall–Kier alpha value is -2.06. The Morgan fingerprint density at radius 1 is 1.09 bits per heavy atom. The molecule has 0 amide bonds. The molecule has 2 N–H and O–H groups in total. The Morgan fingerprint density at radius 2 is 1.91 bits per heavy atom. The van der Waals surface area contributed by atoms with Gasteiger partial charge in [-0.3, -0.25) is 0 Å². The maximum Gasteiger partial charge on any atom is 0.119 e. The summed E-state index contributed by atoms with van der Waals surface area (Å²) in [6.07, 6.45) is 18.2. The van der Waals surface area contributed by atoms with E-state index in [4.69, 9.17) is 10.5 Å². The lowest BCUT2D eigenvalue weighted by Crippen LogP contribution is -2.29. The molecule has 0 heterocycles. The third kappa shape index (κ3) is 3.77. The zero-order valence-electron chi connectivity index (χ0n) is 13.1. The molecule has 0 aromatic heterocycles. The molecule has 0 radical (unpaired) electrons. The second kappa shape index (κ2) is 6.37. The summed E-state index contributed by atoms with van der Waals surface area (Å²) in [6, 6.07) is 6.20. The van der Waals surface area contributed by atoms with Crippen molar-refractivity contribution in [1.82, 2.24) is 0 Å². The summed E-state index contributed by atoms with van der Waals surface area (Å²) in [5, 5.41) is 0. The van der Waals surface area contributed by atoms with Crippen LogP contribution in [0.15, 0.2) is 54.2 Å². The normalized spacial score (nSPS) is 22.9. The first-order valence-corrected chi connectivity index (χ1v) is 7.92. The third-order valence-corrected chi connectivity index (χ3v) is 4.03. The first-order chi connectivity index (χ1) is 10.6. The van der Waals surface area contributed by atoms with Gasteiger partial charge in [0.1, 0.15) is 5.75 Å². The number of hydrogen-bond donors (Lipinski definition) is 1. The van der Waals surface area contributed by atoms with Gasteiger partial charge >= 0.3 is 0 Å². The van der Waals surface area contributed by atoms with Crippen molar-refractivity contribution in [2.45, 2.75) is 31.7 Å². The molecule has 1 unspecified atom stereocenters. The summed E-state index contributed by atoms with van der Waals surface area (Å²) in [4.78, 5) is 0. The quantitative estimate of drug-likeness (QED) is 0.887. The van der Waals surface area contributed by atoms with Gasteiger partial charge in [-0.1, -0.05) is 48.6 Å². The predicted molar refractivity (Wildman–Crippen MR) is 93.7 cm³/mol. The Kier molecular flexibility index (Phi) is 4.30. The van der Waals surface area contributed by atoms with Gasteiger partial charge in [0.2, 0.25) is 0 Å². The van der Waals surface area contributed by atoms with E-state index in [9.17, 15) is 0 Å². The molecule has 2 heteroatoms. The van der Waals surface area contributed by atoms with E-state index >= 15 is 0 Å². The Labute approximate surface area is 132 Å². The first kappa shape index (κ1) is 14.9. The molecule has 0 aliphatic heterocycles. The highest BCUT2D eigenvalue weighted by atomic mass is 16.5. The highest BCUT2D eigenvalue weighted by molar-refractivity contribution is 5.70. The van der Waals surface area contributed by atoms with Crippen molar-refractivity contribution in [2.24, 2.45) is 5.73 Å². The lowest BCUT2D eigenvalue weighted by molar-refractivity contribution is 0.322. The lowest BCUT2D eigenvalue weighted by Gasteiger charge is -2.12. The number of hydrogen-bond acceptors (Lipinski definition) is 2.